The molecule has 1 aliphatic carbocycles. The molecule has 1 aromatic heterocycles. The Morgan fingerprint density at radius 3 is 2.80 bits per heavy atom. The summed E-state index contributed by atoms with van der Waals surface area (Å²) in [5, 5.41) is 3.77. The molecule has 0 unspecified atom stereocenters. The molecule has 2 aromatic rings. The Hall–Kier alpha value is -2.50. The molecule has 6 heteroatoms. The molecule has 6 nitrogen and oxygen atoms in total. The zero-order valence-corrected chi connectivity index (χ0v) is 14.5. The van der Waals surface area contributed by atoms with E-state index in [-0.39, 0.29) is 18.4 Å². The maximum absolute atomic E-state index is 12.2. The van der Waals surface area contributed by atoms with Crippen molar-refractivity contribution in [2.75, 3.05) is 7.11 Å². The molecule has 0 radical (unpaired) electrons. The van der Waals surface area contributed by atoms with Crippen LogP contribution in [-0.2, 0) is 20.7 Å². The number of ether oxygens (including phenoxy) is 2. The minimum absolute atomic E-state index is 0.0559. The lowest BCUT2D eigenvalue weighted by Crippen LogP contribution is -2.41. The lowest BCUT2D eigenvalue weighted by Gasteiger charge is -2.17. The van der Waals surface area contributed by atoms with E-state index in [0.29, 0.717) is 11.3 Å². The number of furan rings is 1. The number of esters is 1. The van der Waals surface area contributed by atoms with Gasteiger partial charge < -0.3 is 19.2 Å². The Labute approximate surface area is 146 Å². The van der Waals surface area contributed by atoms with E-state index in [2.05, 4.69) is 5.32 Å². The second kappa shape index (κ2) is 7.59. The van der Waals surface area contributed by atoms with Crippen LogP contribution in [0.4, 0.5) is 0 Å². The summed E-state index contributed by atoms with van der Waals surface area (Å²) in [5.41, 5.74) is 1.38. The number of rotatable bonds is 6. The predicted molar refractivity (Wildman–Crippen MR) is 92.4 cm³/mol. The number of amides is 1. The molecule has 1 atom stereocenters. The zero-order valence-electron chi connectivity index (χ0n) is 14.5. The van der Waals surface area contributed by atoms with Gasteiger partial charge in [0, 0.05) is 23.1 Å². The van der Waals surface area contributed by atoms with Crippen LogP contribution in [-0.4, -0.2) is 31.1 Å². The van der Waals surface area contributed by atoms with E-state index < -0.39 is 12.1 Å². The number of methoxy groups -OCH3 is 1. The molecule has 0 aliphatic heterocycles. The van der Waals surface area contributed by atoms with E-state index in [1.54, 1.807) is 20.1 Å². The van der Waals surface area contributed by atoms with E-state index in [1.165, 1.54) is 6.26 Å². The molecule has 1 heterocycles. The van der Waals surface area contributed by atoms with E-state index >= 15 is 0 Å². The number of fused-ring (bicyclic) bond motifs is 1. The van der Waals surface area contributed by atoms with Crippen LogP contribution in [0.3, 0.4) is 0 Å². The topological polar surface area (TPSA) is 77.8 Å². The van der Waals surface area contributed by atoms with Gasteiger partial charge >= 0.3 is 5.97 Å². The summed E-state index contributed by atoms with van der Waals surface area (Å²) in [4.78, 5) is 24.3. The van der Waals surface area contributed by atoms with Crippen LogP contribution in [0.25, 0.3) is 11.0 Å². The molecule has 25 heavy (non-hydrogen) atoms. The molecule has 0 bridgehead atoms. The highest BCUT2D eigenvalue weighted by Gasteiger charge is 2.23. The van der Waals surface area contributed by atoms with Crippen molar-refractivity contribution in [2.45, 2.75) is 51.2 Å². The lowest BCUT2D eigenvalue weighted by atomic mass is 10.1. The van der Waals surface area contributed by atoms with Crippen molar-refractivity contribution in [2.24, 2.45) is 0 Å². The first-order valence-electron chi connectivity index (χ1n) is 8.61. The minimum atomic E-state index is -0.800. The molecule has 1 saturated carbocycles. The monoisotopic (exact) mass is 345 g/mol. The molecule has 1 N–H and O–H groups in total. The molecule has 1 fully saturated rings. The SMILES string of the molecule is COc1ccc2c(CC(=O)O[C@@H](C)C(=O)NC3CCCC3)coc2c1. The van der Waals surface area contributed by atoms with Gasteiger partial charge in [-0.3, -0.25) is 9.59 Å². The predicted octanol–water partition coefficient (Wildman–Crippen LogP) is 2.97. The Morgan fingerprint density at radius 2 is 2.08 bits per heavy atom. The second-order valence-corrected chi connectivity index (χ2v) is 6.42. The highest BCUT2D eigenvalue weighted by Crippen LogP contribution is 2.26. The molecule has 1 aromatic carbocycles. The Kier molecular flexibility index (Phi) is 5.26. The first kappa shape index (κ1) is 17.3. The van der Waals surface area contributed by atoms with Gasteiger partial charge in [0.15, 0.2) is 6.10 Å². The molecule has 134 valence electrons. The average molecular weight is 345 g/mol. The quantitative estimate of drug-likeness (QED) is 0.815. The van der Waals surface area contributed by atoms with Crippen molar-refractivity contribution in [1.29, 1.82) is 0 Å². The van der Waals surface area contributed by atoms with Crippen LogP contribution in [0.1, 0.15) is 38.2 Å². The molecule has 1 aliphatic rings. The number of carbonyl (C=O) groups excluding carboxylic acids is 2. The van der Waals surface area contributed by atoms with Crippen LogP contribution < -0.4 is 10.1 Å². The number of nitrogens with one attached hydrogen (secondary N) is 1. The third-order valence-corrected chi connectivity index (χ3v) is 4.58. The molecule has 1 amide bonds. The van der Waals surface area contributed by atoms with Crippen LogP contribution in [0.5, 0.6) is 5.75 Å². The van der Waals surface area contributed by atoms with E-state index in [9.17, 15) is 9.59 Å². The fourth-order valence-electron chi connectivity index (χ4n) is 3.16. The normalized spacial score (nSPS) is 15.9. The van der Waals surface area contributed by atoms with Crippen molar-refractivity contribution in [3.8, 4) is 5.75 Å². The number of hydrogen-bond donors (Lipinski definition) is 1. The summed E-state index contributed by atoms with van der Waals surface area (Å²) in [7, 11) is 1.58. The maximum atomic E-state index is 12.2. The van der Waals surface area contributed by atoms with Gasteiger partial charge in [0.05, 0.1) is 19.8 Å². The first-order valence-corrected chi connectivity index (χ1v) is 8.61. The van der Waals surface area contributed by atoms with E-state index in [1.807, 2.05) is 12.1 Å². The first-order chi connectivity index (χ1) is 12.1. The third-order valence-electron chi connectivity index (χ3n) is 4.58. The number of hydrogen-bond acceptors (Lipinski definition) is 5. The summed E-state index contributed by atoms with van der Waals surface area (Å²) < 4.78 is 15.9. The lowest BCUT2D eigenvalue weighted by molar-refractivity contribution is -0.154. The van der Waals surface area contributed by atoms with Gasteiger partial charge in [-0.1, -0.05) is 12.8 Å². The minimum Gasteiger partial charge on any atom is -0.497 e. The highest BCUT2D eigenvalue weighted by atomic mass is 16.5. The summed E-state index contributed by atoms with van der Waals surface area (Å²) in [5.74, 6) is 0.00260. The van der Waals surface area contributed by atoms with Gasteiger partial charge in [0.25, 0.3) is 5.91 Å². The van der Waals surface area contributed by atoms with Crippen LogP contribution in [0, 0.1) is 0 Å². The standard InChI is InChI=1S/C19H23NO5/c1-12(19(22)20-14-5-3-4-6-14)25-18(21)9-13-11-24-17-10-15(23-2)7-8-16(13)17/h7-8,10-12,14H,3-6,9H2,1-2H3,(H,20,22)/t12-/m0/s1. The molecule has 3 rings (SSSR count). The Morgan fingerprint density at radius 1 is 1.32 bits per heavy atom. The van der Waals surface area contributed by atoms with Gasteiger partial charge in [-0.2, -0.15) is 0 Å². The maximum Gasteiger partial charge on any atom is 0.311 e. The van der Waals surface area contributed by atoms with Crippen molar-refractivity contribution in [3.63, 3.8) is 0 Å². The van der Waals surface area contributed by atoms with Crippen molar-refractivity contribution >= 4 is 22.8 Å². The van der Waals surface area contributed by atoms with Crippen LogP contribution in [0.2, 0.25) is 0 Å². The fraction of sp³-hybridized carbons (Fsp3) is 0.474. The van der Waals surface area contributed by atoms with Crippen LogP contribution in [0.15, 0.2) is 28.9 Å². The largest absolute Gasteiger partial charge is 0.497 e. The average Bonchev–Trinajstić information content (AvgIpc) is 3.24. The smallest absolute Gasteiger partial charge is 0.311 e. The molecular formula is C19H23NO5. The summed E-state index contributed by atoms with van der Waals surface area (Å²) in [6.07, 6.45) is 5.06. The van der Waals surface area contributed by atoms with Gasteiger partial charge in [-0.15, -0.1) is 0 Å². The van der Waals surface area contributed by atoms with Crippen molar-refractivity contribution < 1.29 is 23.5 Å². The fourth-order valence-corrected chi connectivity index (χ4v) is 3.16. The summed E-state index contributed by atoms with van der Waals surface area (Å²) in [6.45, 7) is 1.60. The summed E-state index contributed by atoms with van der Waals surface area (Å²) >= 11 is 0. The van der Waals surface area contributed by atoms with Gasteiger partial charge in [0.2, 0.25) is 0 Å². The Balaban J connectivity index is 1.57. The van der Waals surface area contributed by atoms with E-state index in [4.69, 9.17) is 13.9 Å². The number of benzene rings is 1. The second-order valence-electron chi connectivity index (χ2n) is 6.42. The highest BCUT2D eigenvalue weighted by molar-refractivity contribution is 5.88. The molecular weight excluding hydrogens is 322 g/mol. The molecule has 0 saturated heterocycles. The van der Waals surface area contributed by atoms with Gasteiger partial charge in [-0.25, -0.2) is 0 Å². The zero-order chi connectivity index (χ0) is 17.8. The summed E-state index contributed by atoms with van der Waals surface area (Å²) in [6, 6.07) is 5.63. The Bertz CT molecular complexity index is 760. The van der Waals surface area contributed by atoms with Gasteiger partial charge in [-0.05, 0) is 31.9 Å². The third kappa shape index (κ3) is 4.13. The van der Waals surface area contributed by atoms with Crippen molar-refractivity contribution in [3.05, 3.63) is 30.0 Å². The number of carbonyl (C=O) groups is 2. The van der Waals surface area contributed by atoms with Crippen LogP contribution >= 0.6 is 0 Å². The van der Waals surface area contributed by atoms with Gasteiger partial charge in [0.1, 0.15) is 11.3 Å². The molecule has 0 spiro atoms. The van der Waals surface area contributed by atoms with Crippen molar-refractivity contribution in [1.82, 2.24) is 5.32 Å². The van der Waals surface area contributed by atoms with E-state index in [0.717, 1.165) is 36.6 Å².